The van der Waals surface area contributed by atoms with Crippen LogP contribution in [0.5, 0.6) is 0 Å². The molecule has 27 heavy (non-hydrogen) atoms. The summed E-state index contributed by atoms with van der Waals surface area (Å²) in [5.41, 5.74) is -0.666. The summed E-state index contributed by atoms with van der Waals surface area (Å²) in [5, 5.41) is 0. The zero-order chi connectivity index (χ0) is 19.4. The van der Waals surface area contributed by atoms with Crippen LogP contribution in [-0.4, -0.2) is 53.8 Å². The van der Waals surface area contributed by atoms with Crippen LogP contribution in [-0.2, 0) is 28.5 Å². The van der Waals surface area contributed by atoms with Crippen LogP contribution in [0, 0.1) is 0 Å². The van der Waals surface area contributed by atoms with Gasteiger partial charge in [0.05, 0.1) is 11.7 Å². The van der Waals surface area contributed by atoms with Gasteiger partial charge in [0.25, 0.3) is 0 Å². The van der Waals surface area contributed by atoms with Gasteiger partial charge < -0.3 is 23.7 Å². The van der Waals surface area contributed by atoms with Crippen LogP contribution in [0.2, 0.25) is 0 Å². The largest absolute Gasteiger partial charge is 0.459 e. The molecular weight excluding hydrogens is 352 g/mol. The second-order valence-corrected chi connectivity index (χ2v) is 8.21. The van der Waals surface area contributed by atoms with Crippen LogP contribution in [0.15, 0.2) is 30.3 Å². The van der Waals surface area contributed by atoms with E-state index in [1.807, 2.05) is 6.07 Å². The summed E-state index contributed by atoms with van der Waals surface area (Å²) >= 11 is 0. The van der Waals surface area contributed by atoms with Crippen molar-refractivity contribution in [2.45, 2.75) is 69.6 Å². The Morgan fingerprint density at radius 1 is 1.07 bits per heavy atom. The highest BCUT2D eigenvalue weighted by Gasteiger charge is 2.66. The normalized spacial score (nSPS) is 36.1. The second kappa shape index (κ2) is 6.10. The van der Waals surface area contributed by atoms with Gasteiger partial charge in [-0.3, -0.25) is 4.79 Å². The minimum absolute atomic E-state index is 0.104. The first kappa shape index (κ1) is 18.6. The highest BCUT2D eigenvalue weighted by Crippen LogP contribution is 2.48. The first-order chi connectivity index (χ1) is 12.6. The minimum atomic E-state index is -1.10. The second-order valence-electron chi connectivity index (χ2n) is 8.21. The lowest BCUT2D eigenvalue weighted by Crippen LogP contribution is -2.60. The number of ether oxygens (including phenoxy) is 5. The standard InChI is InChI=1S/C20H24O7/c1-18(2)24-13-10-20(11-23-17(22)12-8-6-5-7-9-12)16(14(21)15(13)25-18)26-19(3,4)27-20/h5-9,13,15-16H,10-11H2,1-4H3/t13-,15-,16+,20+/m0/s1. The lowest BCUT2D eigenvalue weighted by atomic mass is 9.78. The highest BCUT2D eigenvalue weighted by molar-refractivity contribution is 5.91. The molecule has 2 saturated heterocycles. The molecule has 0 amide bonds. The van der Waals surface area contributed by atoms with E-state index in [1.54, 1.807) is 52.0 Å². The van der Waals surface area contributed by atoms with Crippen molar-refractivity contribution in [2.75, 3.05) is 6.61 Å². The Labute approximate surface area is 157 Å². The number of fused-ring (bicyclic) bond motifs is 2. The molecule has 0 radical (unpaired) electrons. The van der Waals surface area contributed by atoms with Crippen LogP contribution in [0.4, 0.5) is 0 Å². The van der Waals surface area contributed by atoms with Gasteiger partial charge in [-0.15, -0.1) is 0 Å². The molecule has 0 aromatic heterocycles. The van der Waals surface area contributed by atoms with Crippen molar-refractivity contribution >= 4 is 11.8 Å². The maximum atomic E-state index is 13.0. The van der Waals surface area contributed by atoms with E-state index in [2.05, 4.69) is 0 Å². The van der Waals surface area contributed by atoms with Gasteiger partial charge in [-0.2, -0.15) is 0 Å². The number of benzene rings is 1. The van der Waals surface area contributed by atoms with Gasteiger partial charge in [0.15, 0.2) is 23.5 Å². The zero-order valence-electron chi connectivity index (χ0n) is 15.9. The Balaban J connectivity index is 1.58. The summed E-state index contributed by atoms with van der Waals surface area (Å²) in [6.45, 7) is 6.90. The number of rotatable bonds is 3. The minimum Gasteiger partial charge on any atom is -0.459 e. The first-order valence-electron chi connectivity index (χ1n) is 9.10. The van der Waals surface area contributed by atoms with E-state index in [4.69, 9.17) is 23.7 Å². The Morgan fingerprint density at radius 2 is 1.78 bits per heavy atom. The zero-order valence-corrected chi connectivity index (χ0v) is 15.9. The average Bonchev–Trinajstić information content (AvgIpc) is 3.05. The summed E-state index contributed by atoms with van der Waals surface area (Å²) < 4.78 is 29.2. The smallest absolute Gasteiger partial charge is 0.338 e. The van der Waals surface area contributed by atoms with Crippen LogP contribution in [0.3, 0.4) is 0 Å². The molecule has 3 fully saturated rings. The van der Waals surface area contributed by atoms with Crippen LogP contribution in [0.1, 0.15) is 44.5 Å². The summed E-state index contributed by atoms with van der Waals surface area (Å²) in [5.74, 6) is -2.55. The van der Waals surface area contributed by atoms with Crippen molar-refractivity contribution in [1.29, 1.82) is 0 Å². The molecule has 7 heteroatoms. The van der Waals surface area contributed by atoms with Gasteiger partial charge in [0.1, 0.15) is 18.3 Å². The van der Waals surface area contributed by atoms with E-state index in [1.165, 1.54) is 0 Å². The number of carbonyl (C=O) groups excluding carboxylic acids is 2. The maximum absolute atomic E-state index is 13.0. The monoisotopic (exact) mass is 376 g/mol. The van der Waals surface area contributed by atoms with E-state index in [9.17, 15) is 9.59 Å². The maximum Gasteiger partial charge on any atom is 0.338 e. The number of Topliss-reactive ketones (excluding diaryl/α,β-unsaturated/α-hetero) is 1. The molecule has 1 saturated carbocycles. The third kappa shape index (κ3) is 3.29. The van der Waals surface area contributed by atoms with Gasteiger partial charge in [-0.1, -0.05) is 18.2 Å². The molecule has 1 aliphatic carbocycles. The molecule has 146 valence electrons. The van der Waals surface area contributed by atoms with Crippen LogP contribution in [0.25, 0.3) is 0 Å². The Hall–Kier alpha value is -1.80. The number of carbonyl (C=O) groups is 2. The molecule has 2 heterocycles. The Bertz CT molecular complexity index is 757. The highest BCUT2D eigenvalue weighted by atomic mass is 16.8. The van der Waals surface area contributed by atoms with Crippen molar-refractivity contribution < 1.29 is 33.3 Å². The number of hydrogen-bond donors (Lipinski definition) is 0. The molecule has 0 N–H and O–H groups in total. The molecular formula is C20H24O7. The summed E-state index contributed by atoms with van der Waals surface area (Å²) in [7, 11) is 0. The summed E-state index contributed by atoms with van der Waals surface area (Å²) in [6, 6.07) is 8.69. The molecule has 3 aliphatic rings. The van der Waals surface area contributed by atoms with E-state index in [0.717, 1.165) is 0 Å². The number of esters is 1. The topological polar surface area (TPSA) is 80.3 Å². The van der Waals surface area contributed by atoms with Crippen molar-refractivity contribution in [2.24, 2.45) is 0 Å². The predicted octanol–water partition coefficient (Wildman–Crippen LogP) is 2.23. The van der Waals surface area contributed by atoms with Crippen molar-refractivity contribution in [1.82, 2.24) is 0 Å². The van der Waals surface area contributed by atoms with Gasteiger partial charge >= 0.3 is 5.97 Å². The molecule has 1 aromatic rings. The van der Waals surface area contributed by atoms with Crippen molar-refractivity contribution in [3.8, 4) is 0 Å². The van der Waals surface area contributed by atoms with Crippen LogP contribution >= 0.6 is 0 Å². The Morgan fingerprint density at radius 3 is 2.48 bits per heavy atom. The van der Waals surface area contributed by atoms with Crippen LogP contribution < -0.4 is 0 Å². The third-order valence-electron chi connectivity index (χ3n) is 5.05. The lowest BCUT2D eigenvalue weighted by Gasteiger charge is -2.38. The summed E-state index contributed by atoms with van der Waals surface area (Å²) in [4.78, 5) is 25.4. The van der Waals surface area contributed by atoms with E-state index in [-0.39, 0.29) is 12.4 Å². The quantitative estimate of drug-likeness (QED) is 0.748. The third-order valence-corrected chi connectivity index (χ3v) is 5.05. The lowest BCUT2D eigenvalue weighted by molar-refractivity contribution is -0.183. The average molecular weight is 376 g/mol. The van der Waals surface area contributed by atoms with Crippen molar-refractivity contribution in [3.63, 3.8) is 0 Å². The Kier molecular flexibility index (Phi) is 4.19. The predicted molar refractivity (Wildman–Crippen MR) is 92.9 cm³/mol. The van der Waals surface area contributed by atoms with Gasteiger partial charge in [-0.05, 0) is 39.8 Å². The van der Waals surface area contributed by atoms with Gasteiger partial charge in [-0.25, -0.2) is 4.79 Å². The molecule has 4 rings (SSSR count). The fourth-order valence-corrected chi connectivity index (χ4v) is 4.15. The molecule has 0 spiro atoms. The molecule has 4 atom stereocenters. The number of hydrogen-bond acceptors (Lipinski definition) is 7. The van der Waals surface area contributed by atoms with Gasteiger partial charge in [0, 0.05) is 6.42 Å². The number of ketones is 1. The van der Waals surface area contributed by atoms with Crippen molar-refractivity contribution in [3.05, 3.63) is 35.9 Å². The fourth-order valence-electron chi connectivity index (χ4n) is 4.15. The molecule has 1 aromatic carbocycles. The van der Waals surface area contributed by atoms with E-state index in [0.29, 0.717) is 12.0 Å². The first-order valence-corrected chi connectivity index (χ1v) is 9.10. The molecule has 2 aliphatic heterocycles. The molecule has 0 bridgehead atoms. The molecule has 7 nitrogen and oxygen atoms in total. The molecule has 0 unspecified atom stereocenters. The van der Waals surface area contributed by atoms with E-state index < -0.39 is 41.5 Å². The van der Waals surface area contributed by atoms with E-state index >= 15 is 0 Å². The fraction of sp³-hybridized carbons (Fsp3) is 0.600. The SMILES string of the molecule is CC1(C)O[C@H]2C[C@]3(COC(=O)c4ccccc4)OC(C)(C)O[C@@H]3C(=O)[C@H]2O1. The summed E-state index contributed by atoms with van der Waals surface area (Å²) in [6.07, 6.45) is -1.73. The van der Waals surface area contributed by atoms with Gasteiger partial charge in [0.2, 0.25) is 0 Å².